The van der Waals surface area contributed by atoms with Gasteiger partial charge in [0, 0.05) is 30.6 Å². The third-order valence-corrected chi connectivity index (χ3v) is 9.83. The van der Waals surface area contributed by atoms with Crippen LogP contribution in [0.2, 0.25) is 0 Å². The van der Waals surface area contributed by atoms with Crippen molar-refractivity contribution in [1.29, 1.82) is 0 Å². The number of piperidine rings is 1. The molecule has 0 aliphatic carbocycles. The van der Waals surface area contributed by atoms with Gasteiger partial charge in [-0.25, -0.2) is 4.57 Å². The molecular formula is C39H63ClN2O3. The Hall–Kier alpha value is -1.95. The van der Waals surface area contributed by atoms with Crippen LogP contribution < -0.4 is 17.0 Å². The van der Waals surface area contributed by atoms with Crippen LogP contribution in [0.4, 0.5) is 0 Å². The van der Waals surface area contributed by atoms with Gasteiger partial charge in [0.15, 0.2) is 12.4 Å². The van der Waals surface area contributed by atoms with E-state index < -0.39 is 5.92 Å². The molecule has 5 nitrogen and oxygen atoms in total. The van der Waals surface area contributed by atoms with E-state index in [0.29, 0.717) is 12.1 Å². The monoisotopic (exact) mass is 642 g/mol. The average Bonchev–Trinajstić information content (AvgIpc) is 3.22. The van der Waals surface area contributed by atoms with Crippen LogP contribution in [0, 0.1) is 6.92 Å². The van der Waals surface area contributed by atoms with Gasteiger partial charge in [-0.2, -0.15) is 0 Å². The van der Waals surface area contributed by atoms with Crippen molar-refractivity contribution in [2.24, 2.45) is 0 Å². The van der Waals surface area contributed by atoms with E-state index in [1.165, 1.54) is 115 Å². The summed E-state index contributed by atoms with van der Waals surface area (Å²) in [4.78, 5) is 14.8. The van der Waals surface area contributed by atoms with Gasteiger partial charge in [-0.3, -0.25) is 4.79 Å². The number of ether oxygens (including phenoxy) is 1. The number of halogens is 1. The molecule has 1 aromatic carbocycles. The molecule has 2 aromatic rings. The Morgan fingerprint density at radius 2 is 1.31 bits per heavy atom. The Kier molecular flexibility index (Phi) is 20.4. The summed E-state index contributed by atoms with van der Waals surface area (Å²) in [7, 11) is 2.17. The minimum atomic E-state index is -0.566. The first-order valence-electron chi connectivity index (χ1n) is 18.1. The fourth-order valence-electron chi connectivity index (χ4n) is 6.88. The van der Waals surface area contributed by atoms with Gasteiger partial charge in [-0.1, -0.05) is 114 Å². The number of aliphatic hydroxyl groups is 1. The second-order valence-electron chi connectivity index (χ2n) is 13.4. The molecule has 2 bridgehead atoms. The number of nitrogens with zero attached hydrogens (tertiary/aromatic N) is 2. The highest BCUT2D eigenvalue weighted by Gasteiger charge is 2.40. The molecule has 6 heteroatoms. The lowest BCUT2D eigenvalue weighted by Crippen LogP contribution is -3.00. The zero-order valence-electron chi connectivity index (χ0n) is 28.7. The molecule has 2 saturated heterocycles. The molecular weight excluding hydrogens is 580 g/mol. The minimum absolute atomic E-state index is 0. The maximum Gasteiger partial charge on any atom is 0.316 e. The summed E-state index contributed by atoms with van der Waals surface area (Å²) in [6.45, 7) is 5.42. The van der Waals surface area contributed by atoms with Crippen LogP contribution in [0.15, 0.2) is 54.9 Å². The molecule has 2 fully saturated rings. The van der Waals surface area contributed by atoms with Crippen molar-refractivity contribution >= 4 is 5.97 Å². The van der Waals surface area contributed by atoms with Crippen molar-refractivity contribution in [3.05, 3.63) is 66.0 Å². The van der Waals surface area contributed by atoms with Gasteiger partial charge in [0.1, 0.15) is 18.6 Å². The van der Waals surface area contributed by atoms with Gasteiger partial charge in [0.2, 0.25) is 0 Å². The maximum atomic E-state index is 12.4. The highest BCUT2D eigenvalue weighted by atomic mass is 35.5. The number of hydrogen-bond donors (Lipinski definition) is 1. The summed E-state index contributed by atoms with van der Waals surface area (Å²) in [6, 6.07) is 14.9. The van der Waals surface area contributed by atoms with Crippen LogP contribution in [-0.4, -0.2) is 47.8 Å². The lowest BCUT2D eigenvalue weighted by atomic mass is 9.98. The molecule has 254 valence electrons. The van der Waals surface area contributed by atoms with E-state index >= 15 is 0 Å². The van der Waals surface area contributed by atoms with Crippen LogP contribution in [0.25, 0.3) is 0 Å². The topological polar surface area (TPSA) is 53.7 Å². The van der Waals surface area contributed by atoms with Crippen LogP contribution in [0.1, 0.15) is 140 Å². The summed E-state index contributed by atoms with van der Waals surface area (Å²) < 4.78 is 8.02. The first-order chi connectivity index (χ1) is 21.5. The summed E-state index contributed by atoms with van der Waals surface area (Å²) in [5.41, 5.74) is 2.17. The van der Waals surface area contributed by atoms with Crippen molar-refractivity contribution in [3.8, 4) is 0 Å². The predicted octanol–water partition coefficient (Wildman–Crippen LogP) is 5.70. The zero-order valence-corrected chi connectivity index (χ0v) is 29.4. The number of esters is 1. The van der Waals surface area contributed by atoms with Crippen molar-refractivity contribution in [1.82, 2.24) is 4.90 Å². The molecule has 45 heavy (non-hydrogen) atoms. The molecule has 2 unspecified atom stereocenters. The molecule has 0 spiro atoms. The second kappa shape index (κ2) is 23.4. The molecule has 1 aromatic heterocycles. The largest absolute Gasteiger partial charge is 1.00 e. The number of aryl methyl sites for hydroxylation is 2. The molecule has 0 radical (unpaired) electrons. The van der Waals surface area contributed by atoms with Crippen molar-refractivity contribution in [2.45, 2.75) is 160 Å². The van der Waals surface area contributed by atoms with Crippen LogP contribution in [0.5, 0.6) is 0 Å². The normalized spacial score (nSPS) is 19.7. The van der Waals surface area contributed by atoms with Crippen molar-refractivity contribution in [2.75, 3.05) is 13.7 Å². The number of carbonyl (C=O) groups excluding carboxylic acids is 1. The standard InChI is InChI=1S/C22H40N.C17H23NO3.ClH/c1-3-4-5-6-7-8-9-10-11-12-13-14-15-16-19-23-20-17-22(2)18-21-23;1-18-13-7-8-14(18)10-15(9-13)21-17(20)16(11-19)12-5-3-2-4-6-12;/h17-18,20-21H,3-16,19H2,1-2H3;2-6,13-16,19H,7-11H2,1H3;1H/q+1;;/p-1/t;13-,14+,15?,16?;. The molecule has 4 rings (SSSR count). The predicted molar refractivity (Wildman–Crippen MR) is 182 cm³/mol. The van der Waals surface area contributed by atoms with Gasteiger partial charge >= 0.3 is 5.97 Å². The number of carbonyl (C=O) groups is 1. The molecule has 4 atom stereocenters. The van der Waals surface area contributed by atoms with Gasteiger partial charge in [0.05, 0.1) is 6.61 Å². The number of aliphatic hydroxyl groups excluding tert-OH is 1. The van der Waals surface area contributed by atoms with E-state index in [0.717, 1.165) is 18.4 Å². The van der Waals surface area contributed by atoms with Gasteiger partial charge < -0.3 is 27.2 Å². The third kappa shape index (κ3) is 15.0. The first-order valence-corrected chi connectivity index (χ1v) is 18.1. The van der Waals surface area contributed by atoms with E-state index in [2.05, 4.69) is 54.9 Å². The Morgan fingerprint density at radius 1 is 0.822 bits per heavy atom. The number of hydrogen-bond acceptors (Lipinski definition) is 4. The van der Waals surface area contributed by atoms with Crippen LogP contribution in [-0.2, 0) is 16.1 Å². The van der Waals surface area contributed by atoms with Crippen LogP contribution in [0.3, 0.4) is 0 Å². The lowest BCUT2D eigenvalue weighted by molar-refractivity contribution is -0.697. The molecule has 0 saturated carbocycles. The molecule has 1 N–H and O–H groups in total. The summed E-state index contributed by atoms with van der Waals surface area (Å²) in [5.74, 6) is -0.860. The Bertz CT molecular complexity index is 1000. The first kappa shape index (κ1) is 39.2. The van der Waals surface area contributed by atoms with E-state index in [9.17, 15) is 9.90 Å². The number of fused-ring (bicyclic) bond motifs is 2. The molecule has 0 amide bonds. The van der Waals surface area contributed by atoms with Crippen LogP contribution >= 0.6 is 0 Å². The molecule has 3 heterocycles. The second-order valence-corrected chi connectivity index (χ2v) is 13.4. The maximum absolute atomic E-state index is 12.4. The Morgan fingerprint density at radius 3 is 1.80 bits per heavy atom. The van der Waals surface area contributed by atoms with Gasteiger partial charge in [-0.15, -0.1) is 0 Å². The van der Waals surface area contributed by atoms with E-state index in [-0.39, 0.29) is 31.1 Å². The fourth-order valence-corrected chi connectivity index (χ4v) is 6.88. The molecule has 2 aliphatic heterocycles. The number of pyridine rings is 1. The lowest BCUT2D eigenvalue weighted by Gasteiger charge is -2.36. The smallest absolute Gasteiger partial charge is 0.316 e. The molecule has 2 aliphatic rings. The van der Waals surface area contributed by atoms with Gasteiger partial charge in [0.25, 0.3) is 0 Å². The highest BCUT2D eigenvalue weighted by molar-refractivity contribution is 5.78. The highest BCUT2D eigenvalue weighted by Crippen LogP contribution is 2.36. The van der Waals surface area contributed by atoms with E-state index in [1.807, 2.05) is 30.3 Å². The van der Waals surface area contributed by atoms with Gasteiger partial charge in [-0.05, 0) is 57.2 Å². The minimum Gasteiger partial charge on any atom is -1.00 e. The average molecular weight is 643 g/mol. The van der Waals surface area contributed by atoms with Crippen molar-refractivity contribution < 1.29 is 31.6 Å². The summed E-state index contributed by atoms with van der Waals surface area (Å²) in [5, 5.41) is 9.53. The Balaban J connectivity index is 0.000000307. The third-order valence-electron chi connectivity index (χ3n) is 9.83. The number of rotatable bonds is 19. The zero-order chi connectivity index (χ0) is 31.4. The fraction of sp³-hybridized carbons (Fsp3) is 0.692. The summed E-state index contributed by atoms with van der Waals surface area (Å²) in [6.07, 6.45) is 28.7. The van der Waals surface area contributed by atoms with Crippen molar-refractivity contribution in [3.63, 3.8) is 0 Å². The van der Waals surface area contributed by atoms with E-state index in [1.54, 1.807) is 0 Å². The van der Waals surface area contributed by atoms with E-state index in [4.69, 9.17) is 4.74 Å². The quantitative estimate of drug-likeness (QED) is 0.121. The number of unbranched alkanes of at least 4 members (excludes halogenated alkanes) is 13. The number of benzene rings is 1. The number of aromatic nitrogens is 1. The SMILES string of the molecule is CCCCCCCCCCCCCCCC[n+]1ccc(C)cc1.CN1[C@@H]2CC[C@H]1CC(OC(=O)C(CO)c1ccccc1)C2.[Cl-]. The summed E-state index contributed by atoms with van der Waals surface area (Å²) >= 11 is 0. The Labute approximate surface area is 281 Å².